The van der Waals surface area contributed by atoms with Gasteiger partial charge in [-0.3, -0.25) is 13.9 Å². The standard InChI is InChI=1S/C25H35N3O4S/c1-6-20(4)26-25(30)23(7-2)27(17-21-15-13-19(3)14-16-21)24(29)18-28(33(5,31)32)22-11-9-8-10-12-22/h8-16,20,23H,6-7,17-18H2,1-5H3,(H,26,30)/t20-,23-/m0/s1. The largest absolute Gasteiger partial charge is 0.352 e. The quantitative estimate of drug-likeness (QED) is 0.541. The van der Waals surface area contributed by atoms with Gasteiger partial charge in [0.25, 0.3) is 0 Å². The smallest absolute Gasteiger partial charge is 0.244 e. The maximum Gasteiger partial charge on any atom is 0.244 e. The second-order valence-electron chi connectivity index (χ2n) is 8.35. The van der Waals surface area contributed by atoms with Gasteiger partial charge in [-0.15, -0.1) is 0 Å². The van der Waals surface area contributed by atoms with Crippen LogP contribution in [0.1, 0.15) is 44.7 Å². The molecule has 0 heterocycles. The van der Waals surface area contributed by atoms with Crippen LogP contribution in [0.4, 0.5) is 5.69 Å². The molecule has 0 bridgehead atoms. The molecule has 0 saturated carbocycles. The second-order valence-corrected chi connectivity index (χ2v) is 10.3. The highest BCUT2D eigenvalue weighted by molar-refractivity contribution is 7.92. The van der Waals surface area contributed by atoms with Crippen molar-refractivity contribution in [1.29, 1.82) is 0 Å². The van der Waals surface area contributed by atoms with E-state index in [0.717, 1.165) is 28.1 Å². The van der Waals surface area contributed by atoms with Crippen molar-refractivity contribution in [1.82, 2.24) is 10.2 Å². The Morgan fingerprint density at radius 2 is 1.58 bits per heavy atom. The Labute approximate surface area is 197 Å². The summed E-state index contributed by atoms with van der Waals surface area (Å²) in [5.74, 6) is -0.672. The van der Waals surface area contributed by atoms with Gasteiger partial charge >= 0.3 is 0 Å². The number of carbonyl (C=O) groups is 2. The molecule has 0 saturated heterocycles. The lowest BCUT2D eigenvalue weighted by molar-refractivity contribution is -0.140. The summed E-state index contributed by atoms with van der Waals surface area (Å²) in [5, 5.41) is 2.96. The van der Waals surface area contributed by atoms with Crippen LogP contribution in [0.15, 0.2) is 54.6 Å². The molecular weight excluding hydrogens is 438 g/mol. The molecule has 0 aliphatic carbocycles. The van der Waals surface area contributed by atoms with Gasteiger partial charge in [0.1, 0.15) is 12.6 Å². The van der Waals surface area contributed by atoms with Gasteiger partial charge in [0.05, 0.1) is 11.9 Å². The van der Waals surface area contributed by atoms with E-state index in [1.807, 2.05) is 52.0 Å². The molecule has 2 aromatic rings. The molecule has 0 aliphatic rings. The molecular formula is C25H35N3O4S. The first kappa shape index (κ1) is 26.4. The van der Waals surface area contributed by atoms with Gasteiger partial charge in [0.2, 0.25) is 21.8 Å². The number of nitrogens with zero attached hydrogens (tertiary/aromatic N) is 2. The molecule has 8 heteroatoms. The van der Waals surface area contributed by atoms with Gasteiger partial charge in [0, 0.05) is 12.6 Å². The van der Waals surface area contributed by atoms with Gasteiger partial charge in [-0.1, -0.05) is 61.9 Å². The zero-order valence-electron chi connectivity index (χ0n) is 20.1. The van der Waals surface area contributed by atoms with Crippen molar-refractivity contribution < 1.29 is 18.0 Å². The normalized spacial score (nSPS) is 13.1. The predicted molar refractivity (Wildman–Crippen MR) is 132 cm³/mol. The fraction of sp³-hybridized carbons (Fsp3) is 0.440. The maximum atomic E-state index is 13.5. The van der Waals surface area contributed by atoms with E-state index in [1.54, 1.807) is 30.3 Å². The predicted octanol–water partition coefficient (Wildman–Crippen LogP) is 3.48. The average molecular weight is 474 g/mol. The van der Waals surface area contributed by atoms with Crippen LogP contribution in [0.2, 0.25) is 0 Å². The first-order chi connectivity index (χ1) is 15.6. The Hall–Kier alpha value is -2.87. The highest BCUT2D eigenvalue weighted by Crippen LogP contribution is 2.19. The lowest BCUT2D eigenvalue weighted by Gasteiger charge is -2.33. The number of sulfonamides is 1. The van der Waals surface area contributed by atoms with E-state index in [-0.39, 0.29) is 25.0 Å². The lowest BCUT2D eigenvalue weighted by atomic mass is 10.1. The fourth-order valence-corrected chi connectivity index (χ4v) is 4.31. The summed E-state index contributed by atoms with van der Waals surface area (Å²) in [7, 11) is -3.72. The molecule has 0 radical (unpaired) electrons. The molecule has 1 N–H and O–H groups in total. The summed E-state index contributed by atoms with van der Waals surface area (Å²) in [6.45, 7) is 7.54. The van der Waals surface area contributed by atoms with Gasteiger partial charge < -0.3 is 10.2 Å². The summed E-state index contributed by atoms with van der Waals surface area (Å²) in [5.41, 5.74) is 2.36. The van der Waals surface area contributed by atoms with Gasteiger partial charge in [-0.2, -0.15) is 0 Å². The molecule has 2 atom stereocenters. The second kappa shape index (κ2) is 11.8. The Kier molecular flexibility index (Phi) is 9.46. The number of rotatable bonds is 11. The van der Waals surface area contributed by atoms with Crippen molar-refractivity contribution in [3.8, 4) is 0 Å². The van der Waals surface area contributed by atoms with Crippen molar-refractivity contribution in [2.75, 3.05) is 17.1 Å². The van der Waals surface area contributed by atoms with E-state index in [1.165, 1.54) is 4.90 Å². The van der Waals surface area contributed by atoms with Crippen molar-refractivity contribution in [2.45, 2.75) is 59.2 Å². The molecule has 0 aromatic heterocycles. The minimum Gasteiger partial charge on any atom is -0.352 e. The number of anilines is 1. The minimum absolute atomic E-state index is 0.0280. The van der Waals surface area contributed by atoms with E-state index in [9.17, 15) is 18.0 Å². The number of nitrogens with one attached hydrogen (secondary N) is 1. The van der Waals surface area contributed by atoms with Crippen molar-refractivity contribution in [3.63, 3.8) is 0 Å². The third-order valence-electron chi connectivity index (χ3n) is 5.58. The number of amides is 2. The SMILES string of the molecule is CC[C@H](C)NC(=O)[C@H](CC)N(Cc1ccc(C)cc1)C(=O)CN(c1ccccc1)S(C)(=O)=O. The number of hydrogen-bond donors (Lipinski definition) is 1. The van der Waals surface area contributed by atoms with E-state index < -0.39 is 22.0 Å². The van der Waals surface area contributed by atoms with Crippen LogP contribution in [0.25, 0.3) is 0 Å². The van der Waals surface area contributed by atoms with Gasteiger partial charge in [-0.05, 0) is 44.4 Å². The first-order valence-corrected chi connectivity index (χ1v) is 13.1. The summed E-state index contributed by atoms with van der Waals surface area (Å²) in [6, 6.07) is 15.5. The summed E-state index contributed by atoms with van der Waals surface area (Å²) in [4.78, 5) is 28.1. The number of hydrogen-bond acceptors (Lipinski definition) is 4. The third-order valence-corrected chi connectivity index (χ3v) is 6.72. The zero-order chi connectivity index (χ0) is 24.6. The zero-order valence-corrected chi connectivity index (χ0v) is 20.9. The molecule has 0 spiro atoms. The Morgan fingerprint density at radius 3 is 2.09 bits per heavy atom. The molecule has 0 fully saturated rings. The number of carbonyl (C=O) groups excluding carboxylic acids is 2. The topological polar surface area (TPSA) is 86.8 Å². The van der Waals surface area contributed by atoms with Crippen molar-refractivity contribution in [2.24, 2.45) is 0 Å². The summed E-state index contributed by atoms with van der Waals surface area (Å²) >= 11 is 0. The molecule has 7 nitrogen and oxygen atoms in total. The van der Waals surface area contributed by atoms with E-state index in [0.29, 0.717) is 12.1 Å². The molecule has 180 valence electrons. The van der Waals surface area contributed by atoms with E-state index >= 15 is 0 Å². The first-order valence-electron chi connectivity index (χ1n) is 11.2. The van der Waals surface area contributed by atoms with Crippen LogP contribution in [0.5, 0.6) is 0 Å². The van der Waals surface area contributed by atoms with Crippen molar-refractivity contribution >= 4 is 27.5 Å². The van der Waals surface area contributed by atoms with Crippen LogP contribution in [-0.4, -0.2) is 50.0 Å². The summed E-state index contributed by atoms with van der Waals surface area (Å²) in [6.07, 6.45) is 2.25. The molecule has 2 amide bonds. The fourth-order valence-electron chi connectivity index (χ4n) is 3.46. The highest BCUT2D eigenvalue weighted by atomic mass is 32.2. The van der Waals surface area contributed by atoms with Crippen LogP contribution in [0, 0.1) is 6.92 Å². The van der Waals surface area contributed by atoms with Crippen LogP contribution in [0.3, 0.4) is 0 Å². The van der Waals surface area contributed by atoms with E-state index in [4.69, 9.17) is 0 Å². The molecule has 2 aromatic carbocycles. The molecule has 2 rings (SSSR count). The highest BCUT2D eigenvalue weighted by Gasteiger charge is 2.32. The third kappa shape index (κ3) is 7.60. The molecule has 33 heavy (non-hydrogen) atoms. The lowest BCUT2D eigenvalue weighted by Crippen LogP contribution is -2.53. The number of benzene rings is 2. The monoisotopic (exact) mass is 473 g/mol. The Bertz CT molecular complexity index is 1020. The van der Waals surface area contributed by atoms with Gasteiger partial charge in [-0.25, -0.2) is 8.42 Å². The average Bonchev–Trinajstić information content (AvgIpc) is 2.78. The Balaban J connectivity index is 2.40. The minimum atomic E-state index is -3.72. The Morgan fingerprint density at radius 1 is 0.970 bits per heavy atom. The van der Waals surface area contributed by atoms with Crippen LogP contribution in [-0.2, 0) is 26.2 Å². The number of para-hydroxylation sites is 1. The molecule has 0 unspecified atom stereocenters. The summed E-state index contributed by atoms with van der Waals surface area (Å²) < 4.78 is 26.1. The number of aryl methyl sites for hydroxylation is 1. The van der Waals surface area contributed by atoms with E-state index in [2.05, 4.69) is 5.32 Å². The maximum absolute atomic E-state index is 13.5. The van der Waals surface area contributed by atoms with Gasteiger partial charge in [0.15, 0.2) is 0 Å². The molecule has 0 aliphatic heterocycles. The van der Waals surface area contributed by atoms with Crippen LogP contribution >= 0.6 is 0 Å². The van der Waals surface area contributed by atoms with Crippen molar-refractivity contribution in [3.05, 3.63) is 65.7 Å². The van der Waals surface area contributed by atoms with Crippen LogP contribution < -0.4 is 9.62 Å².